The molecule has 0 spiro atoms. The van der Waals surface area contributed by atoms with Gasteiger partial charge in [-0.25, -0.2) is 0 Å². The maximum Gasteiger partial charge on any atom is 0.263 e. The van der Waals surface area contributed by atoms with E-state index in [0.29, 0.717) is 23.0 Å². The molecule has 1 amide bonds. The molecule has 1 heterocycles. The average Bonchev–Trinajstić information content (AvgIpc) is 2.65. The molecule has 26 heavy (non-hydrogen) atoms. The molecule has 0 aliphatic heterocycles. The first-order chi connectivity index (χ1) is 12.6. The van der Waals surface area contributed by atoms with Crippen LogP contribution >= 0.6 is 11.6 Å². The summed E-state index contributed by atoms with van der Waals surface area (Å²) in [6, 6.07) is 17.4. The molecule has 6 heteroatoms. The number of hydrogen-bond acceptors (Lipinski definition) is 3. The zero-order valence-electron chi connectivity index (χ0n) is 14.1. The Labute approximate surface area is 155 Å². The molecule has 0 saturated carbocycles. The van der Waals surface area contributed by atoms with Crippen molar-refractivity contribution in [1.29, 1.82) is 0 Å². The summed E-state index contributed by atoms with van der Waals surface area (Å²) >= 11 is 5.88. The summed E-state index contributed by atoms with van der Waals surface area (Å²) in [5.41, 5.74) is 1.19. The number of halogens is 1. The number of nitrogens with one attached hydrogen (secondary N) is 1. The van der Waals surface area contributed by atoms with Gasteiger partial charge in [0, 0.05) is 23.0 Å². The fourth-order valence-electron chi connectivity index (χ4n) is 2.52. The molecule has 0 radical (unpaired) electrons. The number of amides is 1. The lowest BCUT2D eigenvalue weighted by atomic mass is 10.2. The van der Waals surface area contributed by atoms with Gasteiger partial charge in [-0.15, -0.1) is 0 Å². The van der Waals surface area contributed by atoms with E-state index >= 15 is 0 Å². The van der Waals surface area contributed by atoms with Crippen LogP contribution in [0.25, 0.3) is 0 Å². The molecular formula is C20H17ClN2O3. The number of aromatic nitrogens is 1. The zero-order valence-corrected chi connectivity index (χ0v) is 14.9. The van der Waals surface area contributed by atoms with Crippen molar-refractivity contribution >= 4 is 23.2 Å². The molecule has 3 aromatic rings. The lowest BCUT2D eigenvalue weighted by Crippen LogP contribution is -2.29. The van der Waals surface area contributed by atoms with E-state index in [9.17, 15) is 9.59 Å². The number of carbonyl (C=O) groups is 1. The van der Waals surface area contributed by atoms with Gasteiger partial charge >= 0.3 is 0 Å². The van der Waals surface area contributed by atoms with Crippen LogP contribution in [0.4, 0.5) is 5.69 Å². The number of benzene rings is 2. The second-order valence-electron chi connectivity index (χ2n) is 5.67. The van der Waals surface area contributed by atoms with Gasteiger partial charge < -0.3 is 14.6 Å². The van der Waals surface area contributed by atoms with Crippen molar-refractivity contribution in [3.63, 3.8) is 0 Å². The van der Waals surface area contributed by atoms with Crippen molar-refractivity contribution in [1.82, 2.24) is 4.57 Å². The molecular weight excluding hydrogens is 352 g/mol. The Hall–Kier alpha value is -3.05. The summed E-state index contributed by atoms with van der Waals surface area (Å²) < 4.78 is 6.62. The van der Waals surface area contributed by atoms with E-state index in [2.05, 4.69) is 5.32 Å². The summed E-state index contributed by atoms with van der Waals surface area (Å²) in [4.78, 5) is 25.1. The number of carbonyl (C=O) groups excluding carboxylic acids is 1. The molecule has 0 aliphatic carbocycles. The molecule has 0 atom stereocenters. The van der Waals surface area contributed by atoms with Crippen LogP contribution in [0.3, 0.4) is 0 Å². The van der Waals surface area contributed by atoms with Crippen LogP contribution < -0.4 is 15.6 Å². The van der Waals surface area contributed by atoms with Crippen molar-refractivity contribution in [2.45, 2.75) is 6.54 Å². The fraction of sp³-hybridized carbons (Fsp3) is 0.100. The Morgan fingerprint density at radius 2 is 1.88 bits per heavy atom. The summed E-state index contributed by atoms with van der Waals surface area (Å²) in [5.74, 6) is 0.157. The minimum Gasteiger partial charge on any atom is -0.497 e. The van der Waals surface area contributed by atoms with E-state index in [4.69, 9.17) is 16.3 Å². The van der Waals surface area contributed by atoms with Gasteiger partial charge in [0.15, 0.2) is 0 Å². The summed E-state index contributed by atoms with van der Waals surface area (Å²) in [6.45, 7) is 0.357. The van der Waals surface area contributed by atoms with E-state index in [1.165, 1.54) is 10.6 Å². The van der Waals surface area contributed by atoms with Crippen LogP contribution in [0.15, 0.2) is 71.7 Å². The predicted octanol–water partition coefficient (Wildman–Crippen LogP) is 3.81. The third kappa shape index (κ3) is 4.13. The van der Waals surface area contributed by atoms with Crippen LogP contribution in [-0.2, 0) is 6.54 Å². The normalized spacial score (nSPS) is 10.4. The standard InChI is InChI=1S/C20H17ClN2O3/c1-26-17-5-2-4-16(12-17)22-19(24)18-6-3-11-23(20(18)25)13-14-7-9-15(21)10-8-14/h2-12H,13H2,1H3,(H,22,24). The van der Waals surface area contributed by atoms with Gasteiger partial charge in [0.2, 0.25) is 0 Å². The maximum absolute atomic E-state index is 12.6. The lowest BCUT2D eigenvalue weighted by molar-refractivity contribution is 0.102. The molecule has 0 bridgehead atoms. The highest BCUT2D eigenvalue weighted by Gasteiger charge is 2.13. The van der Waals surface area contributed by atoms with Crippen molar-refractivity contribution < 1.29 is 9.53 Å². The molecule has 2 aromatic carbocycles. The fourth-order valence-corrected chi connectivity index (χ4v) is 2.65. The maximum atomic E-state index is 12.6. The highest BCUT2D eigenvalue weighted by Crippen LogP contribution is 2.17. The topological polar surface area (TPSA) is 60.3 Å². The zero-order chi connectivity index (χ0) is 18.5. The van der Waals surface area contributed by atoms with Crippen molar-refractivity contribution in [3.8, 4) is 5.75 Å². The molecule has 5 nitrogen and oxygen atoms in total. The molecule has 0 unspecified atom stereocenters. The Balaban J connectivity index is 1.82. The predicted molar refractivity (Wildman–Crippen MR) is 102 cm³/mol. The van der Waals surface area contributed by atoms with Crippen LogP contribution in [0, 0.1) is 0 Å². The lowest BCUT2D eigenvalue weighted by Gasteiger charge is -2.10. The van der Waals surface area contributed by atoms with Gasteiger partial charge in [-0.05, 0) is 42.0 Å². The second-order valence-corrected chi connectivity index (χ2v) is 6.10. The number of anilines is 1. The van der Waals surface area contributed by atoms with Crippen LogP contribution in [0.5, 0.6) is 5.75 Å². The van der Waals surface area contributed by atoms with Gasteiger partial charge in [0.05, 0.1) is 13.7 Å². The van der Waals surface area contributed by atoms with Crippen molar-refractivity contribution in [3.05, 3.63) is 93.4 Å². The van der Waals surface area contributed by atoms with E-state index in [1.807, 2.05) is 12.1 Å². The van der Waals surface area contributed by atoms with E-state index in [0.717, 1.165) is 5.56 Å². The molecule has 1 N–H and O–H groups in total. The summed E-state index contributed by atoms with van der Waals surface area (Å²) in [7, 11) is 1.55. The minimum absolute atomic E-state index is 0.0734. The van der Waals surface area contributed by atoms with E-state index < -0.39 is 5.91 Å². The Kier molecular flexibility index (Phi) is 5.39. The Bertz CT molecular complexity index is 981. The van der Waals surface area contributed by atoms with Crippen LogP contribution in [-0.4, -0.2) is 17.6 Å². The number of nitrogens with zero attached hydrogens (tertiary/aromatic N) is 1. The molecule has 132 valence electrons. The van der Waals surface area contributed by atoms with Gasteiger partial charge in [-0.3, -0.25) is 9.59 Å². The first kappa shape index (κ1) is 17.8. The monoisotopic (exact) mass is 368 g/mol. The Morgan fingerprint density at radius 1 is 1.12 bits per heavy atom. The second kappa shape index (κ2) is 7.89. The molecule has 0 aliphatic rings. The first-order valence-corrected chi connectivity index (χ1v) is 8.34. The quantitative estimate of drug-likeness (QED) is 0.745. The third-order valence-electron chi connectivity index (χ3n) is 3.86. The number of rotatable bonds is 5. The molecule has 0 fully saturated rings. The largest absolute Gasteiger partial charge is 0.497 e. The van der Waals surface area contributed by atoms with Crippen LogP contribution in [0.1, 0.15) is 15.9 Å². The number of ether oxygens (including phenoxy) is 1. The minimum atomic E-state index is -0.464. The average molecular weight is 369 g/mol. The van der Waals surface area contributed by atoms with Crippen molar-refractivity contribution in [2.75, 3.05) is 12.4 Å². The third-order valence-corrected chi connectivity index (χ3v) is 4.11. The van der Waals surface area contributed by atoms with E-state index in [-0.39, 0.29) is 11.1 Å². The van der Waals surface area contributed by atoms with Gasteiger partial charge in [0.25, 0.3) is 11.5 Å². The summed E-state index contributed by atoms with van der Waals surface area (Å²) in [6.07, 6.45) is 1.65. The van der Waals surface area contributed by atoms with Crippen molar-refractivity contribution in [2.24, 2.45) is 0 Å². The van der Waals surface area contributed by atoms with Gasteiger partial charge in [-0.1, -0.05) is 29.8 Å². The molecule has 3 rings (SSSR count). The smallest absolute Gasteiger partial charge is 0.263 e. The number of methoxy groups -OCH3 is 1. The van der Waals surface area contributed by atoms with Gasteiger partial charge in [-0.2, -0.15) is 0 Å². The van der Waals surface area contributed by atoms with E-state index in [1.54, 1.807) is 55.8 Å². The SMILES string of the molecule is COc1cccc(NC(=O)c2cccn(Cc3ccc(Cl)cc3)c2=O)c1. The Morgan fingerprint density at radius 3 is 2.62 bits per heavy atom. The summed E-state index contributed by atoms with van der Waals surface area (Å²) in [5, 5.41) is 3.35. The number of pyridine rings is 1. The van der Waals surface area contributed by atoms with Crippen LogP contribution in [0.2, 0.25) is 5.02 Å². The highest BCUT2D eigenvalue weighted by atomic mass is 35.5. The van der Waals surface area contributed by atoms with Gasteiger partial charge in [0.1, 0.15) is 11.3 Å². The molecule has 1 aromatic heterocycles. The molecule has 0 saturated heterocycles. The first-order valence-electron chi connectivity index (χ1n) is 7.96. The number of hydrogen-bond donors (Lipinski definition) is 1. The highest BCUT2D eigenvalue weighted by molar-refractivity contribution is 6.30.